The number of carbonyl (C=O) groups excluding carboxylic acids is 2. The molecule has 1 aliphatic heterocycles. The molecule has 1 N–H and O–H groups in total. The molecule has 0 aromatic heterocycles. The van der Waals surface area contributed by atoms with Crippen LogP contribution in [0.25, 0.3) is 0 Å². The molecule has 1 fully saturated rings. The normalized spacial score (nSPS) is 24.0. The van der Waals surface area contributed by atoms with Crippen molar-refractivity contribution < 1.29 is 9.59 Å². The smallest absolute Gasteiger partial charge is 0.250 e. The summed E-state index contributed by atoms with van der Waals surface area (Å²) in [6.45, 7) is 5.66. The van der Waals surface area contributed by atoms with Gasteiger partial charge in [0, 0.05) is 4.47 Å². The number of rotatable bonds is 3. The van der Waals surface area contributed by atoms with Gasteiger partial charge in [0.25, 0.3) is 5.91 Å². The number of hydrogen-bond donors (Lipinski definition) is 1. The molecular weight excluding hydrogens is 356 g/mol. The van der Waals surface area contributed by atoms with E-state index in [0.29, 0.717) is 10.7 Å². The van der Waals surface area contributed by atoms with Gasteiger partial charge in [0.2, 0.25) is 5.91 Å². The summed E-state index contributed by atoms with van der Waals surface area (Å²) in [5.74, 6) is -0.199. The number of carbonyl (C=O) groups is 2. The third kappa shape index (κ3) is 3.09. The van der Waals surface area contributed by atoms with E-state index in [1.807, 2.05) is 13.8 Å². The molecular formula is C15H18BrClN2O2. The molecule has 3 atom stereocenters. The van der Waals surface area contributed by atoms with Gasteiger partial charge in [-0.25, -0.2) is 0 Å². The molecule has 6 heteroatoms. The molecule has 0 radical (unpaired) electrons. The Bertz CT molecular complexity index is 579. The summed E-state index contributed by atoms with van der Waals surface area (Å²) in [4.78, 5) is 26.5. The number of nitrogens with one attached hydrogen (secondary N) is 1. The number of benzene rings is 1. The van der Waals surface area contributed by atoms with E-state index in [1.54, 1.807) is 25.1 Å². The first kappa shape index (κ1) is 16.3. The Kier molecular flexibility index (Phi) is 4.94. The van der Waals surface area contributed by atoms with Crippen LogP contribution in [0.3, 0.4) is 0 Å². The summed E-state index contributed by atoms with van der Waals surface area (Å²) in [7, 11) is 0. The Balaban J connectivity index is 2.46. The molecule has 2 amide bonds. The predicted molar refractivity (Wildman–Crippen MR) is 87.5 cm³/mol. The van der Waals surface area contributed by atoms with Crippen LogP contribution >= 0.6 is 27.5 Å². The van der Waals surface area contributed by atoms with Crippen molar-refractivity contribution in [2.45, 2.75) is 39.3 Å². The molecule has 3 unspecified atom stereocenters. The molecule has 0 bridgehead atoms. The Morgan fingerprint density at radius 2 is 2.10 bits per heavy atom. The largest absolute Gasteiger partial charge is 0.342 e. The highest BCUT2D eigenvalue weighted by Gasteiger charge is 2.41. The lowest BCUT2D eigenvalue weighted by atomic mass is 9.94. The van der Waals surface area contributed by atoms with E-state index in [0.717, 1.165) is 10.9 Å². The average molecular weight is 374 g/mol. The Morgan fingerprint density at radius 1 is 1.43 bits per heavy atom. The van der Waals surface area contributed by atoms with E-state index in [4.69, 9.17) is 11.6 Å². The van der Waals surface area contributed by atoms with Gasteiger partial charge >= 0.3 is 0 Å². The minimum absolute atomic E-state index is 0.0716. The molecule has 21 heavy (non-hydrogen) atoms. The fourth-order valence-electron chi connectivity index (χ4n) is 2.41. The minimum atomic E-state index is -0.579. The van der Waals surface area contributed by atoms with Crippen molar-refractivity contribution in [3.05, 3.63) is 27.7 Å². The lowest BCUT2D eigenvalue weighted by Gasteiger charge is -2.39. The van der Waals surface area contributed by atoms with E-state index >= 15 is 0 Å². The number of nitrogens with zero attached hydrogens (tertiary/aromatic N) is 1. The van der Waals surface area contributed by atoms with Gasteiger partial charge < -0.3 is 5.32 Å². The number of piperazine rings is 1. The van der Waals surface area contributed by atoms with Gasteiger partial charge in [0.1, 0.15) is 12.1 Å². The highest BCUT2D eigenvalue weighted by Crippen LogP contribution is 2.33. The topological polar surface area (TPSA) is 49.4 Å². The molecule has 0 spiro atoms. The highest BCUT2D eigenvalue weighted by atomic mass is 79.9. The molecule has 0 saturated carbocycles. The molecule has 1 aromatic carbocycles. The van der Waals surface area contributed by atoms with Gasteiger partial charge in [-0.2, -0.15) is 0 Å². The van der Waals surface area contributed by atoms with Gasteiger partial charge in [0.15, 0.2) is 0 Å². The zero-order valence-corrected chi connectivity index (χ0v) is 14.5. The van der Waals surface area contributed by atoms with Crippen molar-refractivity contribution in [1.29, 1.82) is 0 Å². The van der Waals surface area contributed by atoms with Crippen molar-refractivity contribution in [3.63, 3.8) is 0 Å². The Hall–Kier alpha value is -1.07. The van der Waals surface area contributed by atoms with Crippen molar-refractivity contribution in [1.82, 2.24) is 5.32 Å². The van der Waals surface area contributed by atoms with Gasteiger partial charge in [-0.3, -0.25) is 14.5 Å². The van der Waals surface area contributed by atoms with Crippen LogP contribution in [-0.4, -0.2) is 23.9 Å². The first-order valence-electron chi connectivity index (χ1n) is 6.95. The van der Waals surface area contributed by atoms with Crippen LogP contribution in [0.2, 0.25) is 5.02 Å². The summed E-state index contributed by atoms with van der Waals surface area (Å²) in [6.07, 6.45) is 0.811. The SMILES string of the molecule is CCC(C)C1NC(=O)C(C)N(c2cc(Br)ccc2Cl)C1=O. The summed E-state index contributed by atoms with van der Waals surface area (Å²) < 4.78 is 0.813. The predicted octanol–water partition coefficient (Wildman–Crippen LogP) is 3.37. The summed E-state index contributed by atoms with van der Waals surface area (Å²) in [6, 6.07) is 4.20. The number of anilines is 1. The molecule has 0 aliphatic carbocycles. The zero-order valence-electron chi connectivity index (χ0n) is 12.2. The lowest BCUT2D eigenvalue weighted by Crippen LogP contribution is -2.64. The molecule has 114 valence electrons. The van der Waals surface area contributed by atoms with Crippen molar-refractivity contribution in [3.8, 4) is 0 Å². The molecule has 4 nitrogen and oxygen atoms in total. The first-order chi connectivity index (χ1) is 9.86. The van der Waals surface area contributed by atoms with E-state index < -0.39 is 12.1 Å². The fraction of sp³-hybridized carbons (Fsp3) is 0.467. The fourth-order valence-corrected chi connectivity index (χ4v) is 2.97. The summed E-state index contributed by atoms with van der Waals surface area (Å²) >= 11 is 9.60. The van der Waals surface area contributed by atoms with Gasteiger partial charge in [0.05, 0.1) is 10.7 Å². The maximum absolute atomic E-state index is 12.8. The van der Waals surface area contributed by atoms with Crippen LogP contribution in [-0.2, 0) is 9.59 Å². The van der Waals surface area contributed by atoms with Crippen molar-refractivity contribution >= 4 is 45.0 Å². The van der Waals surface area contributed by atoms with E-state index in [9.17, 15) is 9.59 Å². The van der Waals surface area contributed by atoms with Crippen LogP contribution in [0.1, 0.15) is 27.2 Å². The first-order valence-corrected chi connectivity index (χ1v) is 8.12. The quantitative estimate of drug-likeness (QED) is 0.883. The lowest BCUT2D eigenvalue weighted by molar-refractivity contribution is -0.134. The van der Waals surface area contributed by atoms with Gasteiger partial charge in [-0.15, -0.1) is 0 Å². The van der Waals surface area contributed by atoms with Crippen LogP contribution in [0, 0.1) is 5.92 Å². The van der Waals surface area contributed by atoms with Crippen LogP contribution < -0.4 is 10.2 Å². The average Bonchev–Trinajstić information content (AvgIpc) is 2.46. The molecule has 1 saturated heterocycles. The van der Waals surface area contributed by atoms with Crippen molar-refractivity contribution in [2.75, 3.05) is 4.90 Å². The van der Waals surface area contributed by atoms with Gasteiger partial charge in [-0.1, -0.05) is 47.8 Å². The van der Waals surface area contributed by atoms with E-state index in [-0.39, 0.29) is 17.7 Å². The zero-order chi connectivity index (χ0) is 15.7. The number of halogens is 2. The monoisotopic (exact) mass is 372 g/mol. The summed E-state index contributed by atoms with van der Waals surface area (Å²) in [5, 5.41) is 3.27. The van der Waals surface area contributed by atoms with E-state index in [2.05, 4.69) is 21.2 Å². The van der Waals surface area contributed by atoms with Crippen molar-refractivity contribution in [2.24, 2.45) is 5.92 Å². The molecule has 2 rings (SSSR count). The Morgan fingerprint density at radius 3 is 2.71 bits per heavy atom. The van der Waals surface area contributed by atoms with Gasteiger partial charge in [-0.05, 0) is 31.0 Å². The third-order valence-corrected chi connectivity index (χ3v) is 4.76. The number of amides is 2. The molecule has 1 heterocycles. The summed E-state index contributed by atoms with van der Waals surface area (Å²) in [5.41, 5.74) is 0.562. The van der Waals surface area contributed by atoms with Crippen LogP contribution in [0.15, 0.2) is 22.7 Å². The molecule has 1 aliphatic rings. The second-order valence-corrected chi connectivity index (χ2v) is 6.67. The maximum atomic E-state index is 12.8. The number of hydrogen-bond acceptors (Lipinski definition) is 2. The van der Waals surface area contributed by atoms with Crippen LogP contribution in [0.4, 0.5) is 5.69 Å². The standard InChI is InChI=1S/C15H18BrClN2O2/c1-4-8(2)13-15(21)19(9(3)14(20)18-13)12-7-10(16)5-6-11(12)17/h5-9,13H,4H2,1-3H3,(H,18,20). The highest BCUT2D eigenvalue weighted by molar-refractivity contribution is 9.10. The molecule has 1 aromatic rings. The second kappa shape index (κ2) is 6.36. The minimum Gasteiger partial charge on any atom is -0.342 e. The third-order valence-electron chi connectivity index (χ3n) is 3.95. The Labute approximate surface area is 138 Å². The van der Waals surface area contributed by atoms with E-state index in [1.165, 1.54) is 4.90 Å². The maximum Gasteiger partial charge on any atom is 0.250 e. The van der Waals surface area contributed by atoms with Crippen LogP contribution in [0.5, 0.6) is 0 Å². The second-order valence-electron chi connectivity index (χ2n) is 5.35.